The highest BCUT2D eigenvalue weighted by Gasteiger charge is 2.72. The van der Waals surface area contributed by atoms with Crippen molar-refractivity contribution in [2.24, 2.45) is 13.5 Å². The molecule has 2 rings (SSSR count). The van der Waals surface area contributed by atoms with Gasteiger partial charge >= 0.3 is 31.3 Å². The molecule has 2 unspecified atom stereocenters. The third-order valence-electron chi connectivity index (χ3n) is 2.40. The fourth-order valence-electron chi connectivity index (χ4n) is 1.33. The molecule has 23 heavy (non-hydrogen) atoms. The molecule has 2 heterocycles. The van der Waals surface area contributed by atoms with Gasteiger partial charge in [0.15, 0.2) is 0 Å². The van der Waals surface area contributed by atoms with Gasteiger partial charge in [-0.3, -0.25) is 0 Å². The van der Waals surface area contributed by atoms with Crippen molar-refractivity contribution in [3.63, 3.8) is 0 Å². The first kappa shape index (κ1) is 20.7. The van der Waals surface area contributed by atoms with E-state index in [9.17, 15) is 26.3 Å². The van der Waals surface area contributed by atoms with E-state index in [0.717, 1.165) is 0 Å². The molecule has 0 aromatic carbocycles. The molecular weight excluding hydrogens is 483 g/mol. The number of rotatable bonds is 0. The molecule has 2 aliphatic rings. The Balaban J connectivity index is 2.63. The Morgan fingerprint density at radius 3 is 1.52 bits per heavy atom. The SMILES string of the molecule is FC1(F)COP2(Cl)=NP(Cl)(Cl)=NP(Cl)(=N2)OCC(F)(F)C1(F)F. The van der Waals surface area contributed by atoms with Crippen molar-refractivity contribution in [3.8, 4) is 0 Å². The maximum atomic E-state index is 13.5. The van der Waals surface area contributed by atoms with Gasteiger partial charge in [0.25, 0.3) is 5.91 Å². The average molecular weight is 487 g/mol. The second kappa shape index (κ2) is 5.93. The molecule has 0 radical (unpaired) electrons. The smallest absolute Gasteiger partial charge is 0.309 e. The summed E-state index contributed by atoms with van der Waals surface area (Å²) in [6, 6.07) is 0. The van der Waals surface area contributed by atoms with Crippen molar-refractivity contribution in [1.82, 2.24) is 0 Å². The summed E-state index contributed by atoms with van der Waals surface area (Å²) in [5, 5.41) is 0. The van der Waals surface area contributed by atoms with Gasteiger partial charge in [0.2, 0.25) is 0 Å². The number of nitrogens with zero attached hydrogens (tertiary/aromatic N) is 3. The second-order valence-electron chi connectivity index (χ2n) is 4.20. The van der Waals surface area contributed by atoms with Crippen LogP contribution in [0.1, 0.15) is 0 Å². The molecular formula is C5H4Cl4F6N3O2P3. The Bertz CT molecular complexity index is 667. The molecule has 2 bridgehead atoms. The minimum atomic E-state index is -5.81. The Labute approximate surface area is 144 Å². The highest BCUT2D eigenvalue weighted by molar-refractivity contribution is 8.16. The van der Waals surface area contributed by atoms with E-state index < -0.39 is 50.5 Å². The van der Waals surface area contributed by atoms with Crippen LogP contribution in [0.5, 0.6) is 0 Å². The summed E-state index contributed by atoms with van der Waals surface area (Å²) in [5.74, 6) is -20.1. The van der Waals surface area contributed by atoms with E-state index in [1.165, 1.54) is 0 Å². The predicted molar refractivity (Wildman–Crippen MR) is 78.2 cm³/mol. The zero-order valence-corrected chi connectivity index (χ0v) is 15.9. The number of alkyl halides is 6. The van der Waals surface area contributed by atoms with Gasteiger partial charge in [-0.2, -0.15) is 39.9 Å². The van der Waals surface area contributed by atoms with E-state index in [1.54, 1.807) is 0 Å². The van der Waals surface area contributed by atoms with Crippen LogP contribution in [-0.2, 0) is 9.05 Å². The molecule has 136 valence electrons. The van der Waals surface area contributed by atoms with Gasteiger partial charge < -0.3 is 9.05 Å². The molecule has 0 aromatic rings. The first-order valence-electron chi connectivity index (χ1n) is 5.16. The van der Waals surface area contributed by atoms with Crippen LogP contribution < -0.4 is 0 Å². The van der Waals surface area contributed by atoms with Crippen molar-refractivity contribution >= 4 is 64.4 Å². The van der Waals surface area contributed by atoms with Crippen LogP contribution in [-0.4, -0.2) is 31.0 Å². The predicted octanol–water partition coefficient (Wildman–Crippen LogP) is 7.75. The minimum absolute atomic E-state index is 2.20. The van der Waals surface area contributed by atoms with E-state index in [4.69, 9.17) is 45.0 Å². The van der Waals surface area contributed by atoms with E-state index in [1.807, 2.05) is 0 Å². The summed E-state index contributed by atoms with van der Waals surface area (Å²) in [4.78, 5) is 0. The minimum Gasteiger partial charge on any atom is -0.309 e. The van der Waals surface area contributed by atoms with Crippen LogP contribution in [0.2, 0.25) is 0 Å². The lowest BCUT2D eigenvalue weighted by Gasteiger charge is -2.35. The van der Waals surface area contributed by atoms with Crippen LogP contribution in [0.25, 0.3) is 0 Å². The maximum Gasteiger partial charge on any atom is 0.376 e. The topological polar surface area (TPSA) is 55.5 Å². The third-order valence-corrected chi connectivity index (χ3v) is 14.0. The van der Waals surface area contributed by atoms with Crippen molar-refractivity contribution in [2.45, 2.75) is 17.8 Å². The Morgan fingerprint density at radius 1 is 0.696 bits per heavy atom. The lowest BCUT2D eigenvalue weighted by Crippen LogP contribution is -2.57. The maximum absolute atomic E-state index is 13.5. The molecule has 0 spiro atoms. The molecule has 0 saturated carbocycles. The van der Waals surface area contributed by atoms with E-state index in [-0.39, 0.29) is 0 Å². The first-order chi connectivity index (χ1) is 10.0. The van der Waals surface area contributed by atoms with Crippen LogP contribution in [0.4, 0.5) is 26.3 Å². The number of halogens is 10. The number of hydrogen-bond donors (Lipinski definition) is 0. The highest BCUT2D eigenvalue weighted by atomic mass is 35.9. The van der Waals surface area contributed by atoms with E-state index in [0.29, 0.717) is 0 Å². The molecule has 18 heteroatoms. The summed E-state index contributed by atoms with van der Waals surface area (Å²) in [6.45, 7) is -12.7. The van der Waals surface area contributed by atoms with Crippen molar-refractivity contribution in [1.29, 1.82) is 0 Å². The van der Waals surface area contributed by atoms with Gasteiger partial charge in [0.05, 0.1) is 0 Å². The molecule has 0 N–H and O–H groups in total. The van der Waals surface area contributed by atoms with Gasteiger partial charge in [-0.05, 0) is 45.0 Å². The Hall–Kier alpha value is 1.35. The van der Waals surface area contributed by atoms with Crippen LogP contribution >= 0.6 is 64.4 Å². The summed E-state index contributed by atoms with van der Waals surface area (Å²) >= 11 is 22.8. The van der Waals surface area contributed by atoms with E-state index >= 15 is 0 Å². The zero-order valence-electron chi connectivity index (χ0n) is 10.2. The lowest BCUT2D eigenvalue weighted by atomic mass is 10.1. The second-order valence-corrected chi connectivity index (χ2v) is 15.7. The van der Waals surface area contributed by atoms with Crippen LogP contribution in [0.3, 0.4) is 0 Å². The van der Waals surface area contributed by atoms with Crippen molar-refractivity contribution in [2.75, 3.05) is 13.2 Å². The largest absolute Gasteiger partial charge is 0.376 e. The molecule has 2 aliphatic heterocycles. The average Bonchev–Trinajstić information content (AvgIpc) is 2.30. The fraction of sp³-hybridized carbons (Fsp3) is 1.00. The summed E-state index contributed by atoms with van der Waals surface area (Å²) in [7, 11) is 0. The summed E-state index contributed by atoms with van der Waals surface area (Å²) < 4.78 is 99.7. The first-order valence-corrected chi connectivity index (χ1v) is 13.7. The van der Waals surface area contributed by atoms with Crippen molar-refractivity contribution < 1.29 is 35.4 Å². The molecule has 0 saturated heterocycles. The lowest BCUT2D eigenvalue weighted by molar-refractivity contribution is -0.319. The normalized spacial score (nSPS) is 41.0. The van der Waals surface area contributed by atoms with Gasteiger partial charge in [-0.25, -0.2) is 0 Å². The third kappa shape index (κ3) is 4.04. The van der Waals surface area contributed by atoms with E-state index in [2.05, 4.69) is 22.6 Å². The van der Waals surface area contributed by atoms with Crippen LogP contribution in [0.15, 0.2) is 13.5 Å². The van der Waals surface area contributed by atoms with Gasteiger partial charge in [0, 0.05) is 0 Å². The fourth-order valence-corrected chi connectivity index (χ4v) is 16.0. The summed E-state index contributed by atoms with van der Waals surface area (Å²) in [5.41, 5.74) is 0. The Kier molecular flexibility index (Phi) is 5.33. The standard InChI is InChI=1S/C5H4Cl4F6N3O2P3/c6-21(7)16-22(8)18-23(9,17-21)20-2-4(12,13)5(14,15)3(10,11)1-19-22/h1-2H2. The van der Waals surface area contributed by atoms with Crippen molar-refractivity contribution in [3.05, 3.63) is 0 Å². The molecule has 0 aliphatic carbocycles. The number of hydrogen-bond acceptors (Lipinski definition) is 5. The monoisotopic (exact) mass is 485 g/mol. The highest BCUT2D eigenvalue weighted by Crippen LogP contribution is 2.86. The zero-order chi connectivity index (χ0) is 17.9. The summed E-state index contributed by atoms with van der Waals surface area (Å²) in [6.07, 6.45) is 0. The quantitative estimate of drug-likeness (QED) is 0.259. The molecule has 5 nitrogen and oxygen atoms in total. The molecule has 0 aromatic heterocycles. The van der Waals surface area contributed by atoms with Gasteiger partial charge in [-0.1, -0.05) is 0 Å². The molecule has 2 atom stereocenters. The molecule has 0 fully saturated rings. The van der Waals surface area contributed by atoms with Gasteiger partial charge in [0.1, 0.15) is 13.2 Å². The van der Waals surface area contributed by atoms with Crippen LogP contribution in [0, 0.1) is 0 Å². The number of fused-ring (bicyclic) bond motifs is 1. The van der Waals surface area contributed by atoms with Gasteiger partial charge in [-0.15, -0.1) is 0 Å². The molecule has 0 amide bonds. The Morgan fingerprint density at radius 2 is 1.09 bits per heavy atom.